The molecule has 3 aromatic rings. The van der Waals surface area contributed by atoms with Crippen molar-refractivity contribution in [2.24, 2.45) is 5.73 Å². The number of hydrogen-bond donors (Lipinski definition) is 2. The number of nitrogens with two attached hydrogens (primary N) is 1. The average Bonchev–Trinajstić information content (AvgIpc) is 3.05. The maximum atomic E-state index is 14.0. The Labute approximate surface area is 225 Å². The predicted molar refractivity (Wildman–Crippen MR) is 141 cm³/mol. The van der Waals surface area contributed by atoms with Crippen LogP contribution in [0.15, 0.2) is 78.9 Å². The average molecular weight is 536 g/mol. The van der Waals surface area contributed by atoms with E-state index in [1.165, 1.54) is 11.8 Å². The van der Waals surface area contributed by atoms with E-state index in [1.54, 1.807) is 7.05 Å². The van der Waals surface area contributed by atoms with Gasteiger partial charge in [0.1, 0.15) is 17.7 Å². The molecule has 3 amide bonds. The number of carbonyl (C=O) groups excluding carboxylic acids is 3. The number of aliphatic hydroxyl groups excluding tert-OH is 1. The normalized spacial score (nSPS) is 21.1. The number of imide groups is 1. The third-order valence-corrected chi connectivity index (χ3v) is 7.18. The standard InChI is InChI=1S/C30H31F2N3O4/c1-18(33)28(37)35(30(39)27(36)22-13-23(31)17-24(32)14-22)26-16-21(19-9-5-3-6-10-19)15-25(34(2)29(26)38)20-11-7-4-8-12-20/h3-14,17-18,21,25-27,36H,15-16,33H2,1-2H3/t18-,21+,25+,26-,27+/m0/s1. The van der Waals surface area contributed by atoms with E-state index in [-0.39, 0.29) is 23.9 Å². The molecular formula is C30H31F2N3O4. The second-order valence-corrected chi connectivity index (χ2v) is 9.91. The lowest BCUT2D eigenvalue weighted by molar-refractivity contribution is -0.160. The lowest BCUT2D eigenvalue weighted by Gasteiger charge is -2.34. The van der Waals surface area contributed by atoms with Crippen LogP contribution in [-0.2, 0) is 14.4 Å². The van der Waals surface area contributed by atoms with E-state index in [0.29, 0.717) is 17.4 Å². The van der Waals surface area contributed by atoms with E-state index >= 15 is 0 Å². The molecule has 4 rings (SSSR count). The van der Waals surface area contributed by atoms with Gasteiger partial charge in [0, 0.05) is 13.1 Å². The molecule has 1 aliphatic heterocycles. The molecular weight excluding hydrogens is 504 g/mol. The molecule has 0 bridgehead atoms. The first-order valence-corrected chi connectivity index (χ1v) is 12.7. The second-order valence-electron chi connectivity index (χ2n) is 9.91. The summed E-state index contributed by atoms with van der Waals surface area (Å²) < 4.78 is 27.8. The van der Waals surface area contributed by atoms with Gasteiger partial charge < -0.3 is 15.7 Å². The van der Waals surface area contributed by atoms with Crippen LogP contribution >= 0.6 is 0 Å². The monoisotopic (exact) mass is 535 g/mol. The van der Waals surface area contributed by atoms with Gasteiger partial charge in [-0.25, -0.2) is 8.78 Å². The largest absolute Gasteiger partial charge is 0.378 e. The topological polar surface area (TPSA) is 104 Å². The zero-order valence-electron chi connectivity index (χ0n) is 21.7. The fourth-order valence-corrected chi connectivity index (χ4v) is 5.17. The molecule has 7 nitrogen and oxygen atoms in total. The van der Waals surface area contributed by atoms with E-state index in [9.17, 15) is 28.3 Å². The number of rotatable bonds is 6. The Morgan fingerprint density at radius 3 is 2.00 bits per heavy atom. The SMILES string of the molecule is C[C@H](N)C(=O)N(C(=O)[C@H](O)c1cc(F)cc(F)c1)[C@H]1C[C@H](c2ccccc2)C[C@H](c2ccccc2)N(C)C1=O. The minimum Gasteiger partial charge on any atom is -0.378 e. The molecule has 9 heteroatoms. The highest BCUT2D eigenvalue weighted by Crippen LogP contribution is 2.40. The summed E-state index contributed by atoms with van der Waals surface area (Å²) in [5.41, 5.74) is 7.31. The zero-order valence-corrected chi connectivity index (χ0v) is 21.7. The molecule has 0 aliphatic carbocycles. The number of likely N-dealkylation sites (tertiary alicyclic amines) is 1. The van der Waals surface area contributed by atoms with Gasteiger partial charge >= 0.3 is 0 Å². The van der Waals surface area contributed by atoms with Crippen LogP contribution in [0.1, 0.15) is 54.5 Å². The molecule has 1 fully saturated rings. The molecule has 0 aromatic heterocycles. The van der Waals surface area contributed by atoms with Gasteiger partial charge in [0.2, 0.25) is 11.8 Å². The summed E-state index contributed by atoms with van der Waals surface area (Å²) in [6.07, 6.45) is -1.51. The van der Waals surface area contributed by atoms with Crippen LogP contribution in [0, 0.1) is 11.6 Å². The summed E-state index contributed by atoms with van der Waals surface area (Å²) in [7, 11) is 1.61. The summed E-state index contributed by atoms with van der Waals surface area (Å²) in [4.78, 5) is 43.2. The maximum Gasteiger partial charge on any atom is 0.263 e. The summed E-state index contributed by atoms with van der Waals surface area (Å²) in [6.45, 7) is 1.36. The molecule has 1 aliphatic rings. The molecule has 0 spiro atoms. The highest BCUT2D eigenvalue weighted by molar-refractivity contribution is 6.04. The van der Waals surface area contributed by atoms with Crippen molar-refractivity contribution in [2.75, 3.05) is 7.05 Å². The van der Waals surface area contributed by atoms with Gasteiger partial charge in [-0.1, -0.05) is 60.7 Å². The van der Waals surface area contributed by atoms with Crippen molar-refractivity contribution in [1.29, 1.82) is 0 Å². The van der Waals surface area contributed by atoms with Crippen LogP contribution < -0.4 is 5.73 Å². The molecule has 3 aromatic carbocycles. The molecule has 204 valence electrons. The molecule has 1 heterocycles. The van der Waals surface area contributed by atoms with Gasteiger partial charge in [-0.2, -0.15) is 0 Å². The Morgan fingerprint density at radius 1 is 0.923 bits per heavy atom. The van der Waals surface area contributed by atoms with Crippen LogP contribution in [0.5, 0.6) is 0 Å². The van der Waals surface area contributed by atoms with Crippen LogP contribution in [-0.4, -0.2) is 51.8 Å². The minimum absolute atomic E-state index is 0.0744. The van der Waals surface area contributed by atoms with E-state index in [1.807, 2.05) is 60.7 Å². The Balaban J connectivity index is 1.80. The minimum atomic E-state index is -2.10. The summed E-state index contributed by atoms with van der Waals surface area (Å²) >= 11 is 0. The Bertz CT molecular complexity index is 1320. The summed E-state index contributed by atoms with van der Waals surface area (Å²) in [6, 6.07) is 18.2. The van der Waals surface area contributed by atoms with Crippen LogP contribution in [0.4, 0.5) is 8.78 Å². The molecule has 3 N–H and O–H groups in total. The van der Waals surface area contributed by atoms with Crippen LogP contribution in [0.2, 0.25) is 0 Å². The highest BCUT2D eigenvalue weighted by atomic mass is 19.1. The predicted octanol–water partition coefficient (Wildman–Crippen LogP) is 3.85. The fraction of sp³-hybridized carbons (Fsp3) is 0.300. The first-order valence-electron chi connectivity index (χ1n) is 12.7. The van der Waals surface area contributed by atoms with E-state index in [4.69, 9.17) is 5.73 Å². The van der Waals surface area contributed by atoms with E-state index in [2.05, 4.69) is 0 Å². The number of nitrogens with zero attached hydrogens (tertiary/aromatic N) is 2. The number of hydrogen-bond acceptors (Lipinski definition) is 5. The van der Waals surface area contributed by atoms with Crippen molar-refractivity contribution in [2.45, 2.75) is 49.9 Å². The van der Waals surface area contributed by atoms with Gasteiger partial charge in [-0.15, -0.1) is 0 Å². The fourth-order valence-electron chi connectivity index (χ4n) is 5.17. The number of aliphatic hydroxyl groups is 1. The lowest BCUT2D eigenvalue weighted by Crippen LogP contribution is -2.57. The molecule has 1 saturated heterocycles. The van der Waals surface area contributed by atoms with Gasteiger partial charge in [0.25, 0.3) is 5.91 Å². The third kappa shape index (κ3) is 6.05. The van der Waals surface area contributed by atoms with Gasteiger partial charge in [0.15, 0.2) is 6.10 Å². The number of halogens is 2. The number of carbonyl (C=O) groups is 3. The Morgan fingerprint density at radius 2 is 1.46 bits per heavy atom. The van der Waals surface area contributed by atoms with Crippen molar-refractivity contribution in [3.05, 3.63) is 107 Å². The molecule has 0 saturated carbocycles. The van der Waals surface area contributed by atoms with Crippen LogP contribution in [0.25, 0.3) is 0 Å². The first kappa shape index (κ1) is 28.1. The number of benzene rings is 3. The Kier molecular flexibility index (Phi) is 8.52. The van der Waals surface area contributed by atoms with E-state index < -0.39 is 47.5 Å². The Hall–Kier alpha value is -3.95. The molecule has 0 radical (unpaired) electrons. The van der Waals surface area contributed by atoms with Gasteiger partial charge in [0.05, 0.1) is 12.1 Å². The lowest BCUT2D eigenvalue weighted by atomic mass is 9.86. The van der Waals surface area contributed by atoms with Crippen molar-refractivity contribution in [3.63, 3.8) is 0 Å². The summed E-state index contributed by atoms with van der Waals surface area (Å²) in [5.74, 6) is -4.83. The smallest absolute Gasteiger partial charge is 0.263 e. The van der Waals surface area contributed by atoms with E-state index in [0.717, 1.165) is 23.3 Å². The second kappa shape index (κ2) is 11.8. The number of amides is 3. The molecule has 5 atom stereocenters. The number of likely N-dealkylation sites (N-methyl/N-ethyl adjacent to an activating group) is 1. The molecule has 39 heavy (non-hydrogen) atoms. The quantitative estimate of drug-likeness (QED) is 0.499. The molecule has 0 unspecified atom stereocenters. The van der Waals surface area contributed by atoms with Gasteiger partial charge in [-0.05, 0) is 54.5 Å². The van der Waals surface area contributed by atoms with Crippen LogP contribution in [0.3, 0.4) is 0 Å². The van der Waals surface area contributed by atoms with Crippen molar-refractivity contribution in [3.8, 4) is 0 Å². The van der Waals surface area contributed by atoms with Gasteiger partial charge in [-0.3, -0.25) is 19.3 Å². The maximum absolute atomic E-state index is 14.0. The van der Waals surface area contributed by atoms with Crippen molar-refractivity contribution < 1.29 is 28.3 Å². The summed E-state index contributed by atoms with van der Waals surface area (Å²) in [5, 5.41) is 10.9. The highest BCUT2D eigenvalue weighted by Gasteiger charge is 2.45. The third-order valence-electron chi connectivity index (χ3n) is 7.18. The first-order chi connectivity index (χ1) is 18.6. The van der Waals surface area contributed by atoms with Crippen molar-refractivity contribution in [1.82, 2.24) is 9.80 Å². The van der Waals surface area contributed by atoms with Crippen molar-refractivity contribution >= 4 is 17.7 Å². The zero-order chi connectivity index (χ0) is 28.3.